The standard InChI is InChI=1S/C16H19ClFNO/c1-3-9-19-16(15-8-6-12(4-2)20-15)11-5-7-13(17)14(18)10-11/h5-8,10,16,19H,3-4,9H2,1-2H3. The van der Waals surface area contributed by atoms with Crippen molar-refractivity contribution in [3.8, 4) is 0 Å². The molecule has 0 aliphatic heterocycles. The summed E-state index contributed by atoms with van der Waals surface area (Å²) in [5.41, 5.74) is 0.817. The van der Waals surface area contributed by atoms with Gasteiger partial charge in [-0.3, -0.25) is 0 Å². The summed E-state index contributed by atoms with van der Waals surface area (Å²) in [6.07, 6.45) is 1.84. The zero-order chi connectivity index (χ0) is 14.5. The van der Waals surface area contributed by atoms with Gasteiger partial charge in [-0.2, -0.15) is 0 Å². The highest BCUT2D eigenvalue weighted by molar-refractivity contribution is 6.30. The van der Waals surface area contributed by atoms with E-state index in [1.807, 2.05) is 25.1 Å². The number of nitrogens with one attached hydrogen (secondary N) is 1. The van der Waals surface area contributed by atoms with Gasteiger partial charge < -0.3 is 9.73 Å². The van der Waals surface area contributed by atoms with Gasteiger partial charge in [-0.05, 0) is 42.8 Å². The predicted octanol–water partition coefficient (Wildman–Crippen LogP) is 4.72. The Morgan fingerprint density at radius 2 is 2.05 bits per heavy atom. The molecule has 0 spiro atoms. The van der Waals surface area contributed by atoms with Crippen LogP contribution in [-0.4, -0.2) is 6.54 Å². The highest BCUT2D eigenvalue weighted by Crippen LogP contribution is 2.27. The summed E-state index contributed by atoms with van der Waals surface area (Å²) in [6, 6.07) is 8.62. The fourth-order valence-corrected chi connectivity index (χ4v) is 2.22. The van der Waals surface area contributed by atoms with Crippen LogP contribution < -0.4 is 5.32 Å². The molecule has 0 saturated carbocycles. The van der Waals surface area contributed by atoms with Crippen LogP contribution in [0, 0.1) is 5.82 Å². The molecular weight excluding hydrogens is 277 g/mol. The second-order valence-electron chi connectivity index (χ2n) is 4.72. The van der Waals surface area contributed by atoms with Crippen LogP contribution in [0.5, 0.6) is 0 Å². The Balaban J connectivity index is 2.32. The van der Waals surface area contributed by atoms with Crippen LogP contribution >= 0.6 is 11.6 Å². The molecule has 2 aromatic rings. The van der Waals surface area contributed by atoms with Crippen LogP contribution in [0.1, 0.15) is 43.4 Å². The number of halogens is 2. The molecule has 0 aliphatic carbocycles. The maximum atomic E-state index is 13.7. The molecule has 1 heterocycles. The normalized spacial score (nSPS) is 12.6. The van der Waals surface area contributed by atoms with Gasteiger partial charge in [0.2, 0.25) is 0 Å². The number of aryl methyl sites for hydroxylation is 1. The molecule has 4 heteroatoms. The third-order valence-electron chi connectivity index (χ3n) is 3.19. The van der Waals surface area contributed by atoms with E-state index >= 15 is 0 Å². The van der Waals surface area contributed by atoms with Crippen molar-refractivity contribution >= 4 is 11.6 Å². The van der Waals surface area contributed by atoms with Gasteiger partial charge >= 0.3 is 0 Å². The Morgan fingerprint density at radius 3 is 2.65 bits per heavy atom. The summed E-state index contributed by atoms with van der Waals surface area (Å²) in [7, 11) is 0. The van der Waals surface area contributed by atoms with Crippen molar-refractivity contribution in [2.45, 2.75) is 32.7 Å². The van der Waals surface area contributed by atoms with E-state index in [-0.39, 0.29) is 11.1 Å². The smallest absolute Gasteiger partial charge is 0.142 e. The molecule has 0 radical (unpaired) electrons. The molecule has 0 fully saturated rings. The first-order valence-electron chi connectivity index (χ1n) is 6.92. The Morgan fingerprint density at radius 1 is 1.25 bits per heavy atom. The van der Waals surface area contributed by atoms with E-state index in [1.54, 1.807) is 6.07 Å². The Labute approximate surface area is 123 Å². The molecule has 0 aliphatic rings. The first-order valence-corrected chi connectivity index (χ1v) is 7.30. The Hall–Kier alpha value is -1.32. The zero-order valence-corrected chi connectivity index (χ0v) is 12.5. The minimum absolute atomic E-state index is 0.136. The largest absolute Gasteiger partial charge is 0.464 e. The lowest BCUT2D eigenvalue weighted by Crippen LogP contribution is -2.22. The number of hydrogen-bond donors (Lipinski definition) is 1. The lowest BCUT2D eigenvalue weighted by atomic mass is 10.0. The van der Waals surface area contributed by atoms with Gasteiger partial charge in [-0.1, -0.05) is 31.5 Å². The molecule has 108 valence electrons. The number of hydrogen-bond acceptors (Lipinski definition) is 2. The molecule has 1 aromatic heterocycles. The highest BCUT2D eigenvalue weighted by atomic mass is 35.5. The van der Waals surface area contributed by atoms with Gasteiger partial charge in [0.1, 0.15) is 17.3 Å². The van der Waals surface area contributed by atoms with Gasteiger partial charge in [0, 0.05) is 6.42 Å². The average molecular weight is 296 g/mol. The number of rotatable bonds is 6. The Kier molecular flexibility index (Phi) is 5.21. The monoisotopic (exact) mass is 295 g/mol. The van der Waals surface area contributed by atoms with Crippen LogP contribution in [0.2, 0.25) is 5.02 Å². The minimum atomic E-state index is -0.408. The van der Waals surface area contributed by atoms with Crippen molar-refractivity contribution in [3.63, 3.8) is 0 Å². The van der Waals surface area contributed by atoms with E-state index in [1.165, 1.54) is 6.07 Å². The quantitative estimate of drug-likeness (QED) is 0.834. The van der Waals surface area contributed by atoms with E-state index in [9.17, 15) is 4.39 Å². The van der Waals surface area contributed by atoms with Crippen LogP contribution in [0.4, 0.5) is 4.39 Å². The molecule has 0 amide bonds. The molecule has 0 bridgehead atoms. The Bertz CT molecular complexity index is 567. The summed E-state index contributed by atoms with van der Waals surface area (Å²) >= 11 is 5.74. The average Bonchev–Trinajstić information content (AvgIpc) is 2.92. The molecule has 1 N–H and O–H groups in total. The second kappa shape index (κ2) is 6.91. The third kappa shape index (κ3) is 3.41. The van der Waals surface area contributed by atoms with Crippen molar-refractivity contribution in [2.75, 3.05) is 6.54 Å². The summed E-state index contributed by atoms with van der Waals surface area (Å²) in [5, 5.41) is 3.52. The van der Waals surface area contributed by atoms with Gasteiger partial charge in [-0.15, -0.1) is 0 Å². The molecule has 2 nitrogen and oxygen atoms in total. The van der Waals surface area contributed by atoms with Crippen LogP contribution in [-0.2, 0) is 6.42 Å². The summed E-state index contributed by atoms with van der Waals surface area (Å²) in [4.78, 5) is 0. The van der Waals surface area contributed by atoms with E-state index in [0.717, 1.165) is 36.5 Å². The molecule has 2 rings (SSSR count). The van der Waals surface area contributed by atoms with Gasteiger partial charge in [-0.25, -0.2) is 4.39 Å². The molecule has 0 saturated heterocycles. The van der Waals surface area contributed by atoms with Gasteiger partial charge in [0.15, 0.2) is 0 Å². The van der Waals surface area contributed by atoms with Crippen LogP contribution in [0.3, 0.4) is 0 Å². The molecule has 20 heavy (non-hydrogen) atoms. The van der Waals surface area contributed by atoms with Gasteiger partial charge in [0.05, 0.1) is 11.1 Å². The SMILES string of the molecule is CCCNC(c1ccc(Cl)c(F)c1)c1ccc(CC)o1. The third-order valence-corrected chi connectivity index (χ3v) is 3.50. The number of benzene rings is 1. The maximum absolute atomic E-state index is 13.7. The molecule has 1 aromatic carbocycles. The number of furan rings is 1. The fraction of sp³-hybridized carbons (Fsp3) is 0.375. The lowest BCUT2D eigenvalue weighted by molar-refractivity contribution is 0.421. The highest BCUT2D eigenvalue weighted by Gasteiger charge is 2.18. The van der Waals surface area contributed by atoms with Crippen LogP contribution in [0.25, 0.3) is 0 Å². The zero-order valence-electron chi connectivity index (χ0n) is 11.7. The van der Waals surface area contributed by atoms with Crippen molar-refractivity contribution in [1.29, 1.82) is 0 Å². The molecule has 1 unspecified atom stereocenters. The van der Waals surface area contributed by atoms with Gasteiger partial charge in [0.25, 0.3) is 0 Å². The summed E-state index contributed by atoms with van der Waals surface area (Å²) in [6.45, 7) is 4.96. The second-order valence-corrected chi connectivity index (χ2v) is 5.13. The summed E-state index contributed by atoms with van der Waals surface area (Å²) in [5.74, 6) is 1.32. The van der Waals surface area contributed by atoms with Crippen molar-refractivity contribution < 1.29 is 8.81 Å². The first-order chi connectivity index (χ1) is 9.65. The lowest BCUT2D eigenvalue weighted by Gasteiger charge is -2.17. The first kappa shape index (κ1) is 15.1. The van der Waals surface area contributed by atoms with Crippen molar-refractivity contribution in [1.82, 2.24) is 5.32 Å². The van der Waals surface area contributed by atoms with Crippen molar-refractivity contribution in [3.05, 3.63) is 58.3 Å². The van der Waals surface area contributed by atoms with E-state index in [0.29, 0.717) is 0 Å². The van der Waals surface area contributed by atoms with E-state index < -0.39 is 5.82 Å². The molecule has 1 atom stereocenters. The molecular formula is C16H19ClFNO. The fourth-order valence-electron chi connectivity index (χ4n) is 2.10. The van der Waals surface area contributed by atoms with Crippen molar-refractivity contribution in [2.24, 2.45) is 0 Å². The van der Waals surface area contributed by atoms with Crippen LogP contribution in [0.15, 0.2) is 34.7 Å². The minimum Gasteiger partial charge on any atom is -0.464 e. The topological polar surface area (TPSA) is 25.2 Å². The summed E-state index contributed by atoms with van der Waals surface area (Å²) < 4.78 is 19.5. The van der Waals surface area contributed by atoms with E-state index in [4.69, 9.17) is 16.0 Å². The predicted molar refractivity (Wildman–Crippen MR) is 79.6 cm³/mol. The maximum Gasteiger partial charge on any atom is 0.142 e. The van der Waals surface area contributed by atoms with E-state index in [2.05, 4.69) is 12.2 Å².